The minimum atomic E-state index is -4.44. The number of aliphatic hydroxyl groups excluding tert-OH is 1. The maximum atomic E-state index is 11.2. The topological polar surface area (TPSA) is 111 Å². The highest BCUT2D eigenvalue weighted by Gasteiger charge is 2.34. The van der Waals surface area contributed by atoms with E-state index in [1.54, 1.807) is 12.1 Å². The number of benzene rings is 1. The average molecular weight is 252 g/mol. The lowest BCUT2D eigenvalue weighted by atomic mass is 9.93. The van der Waals surface area contributed by atoms with E-state index in [0.29, 0.717) is 0 Å². The summed E-state index contributed by atoms with van der Waals surface area (Å²) in [4.78, 5) is 2.54. The van der Waals surface area contributed by atoms with Gasteiger partial charge in [-0.1, -0.05) is 18.2 Å². The molecule has 7 heteroatoms. The van der Waals surface area contributed by atoms with Crippen LogP contribution < -0.4 is 0 Å². The molecule has 1 atom stereocenters. The number of fused-ring (bicyclic) bond motifs is 1. The van der Waals surface area contributed by atoms with Crippen molar-refractivity contribution in [2.45, 2.75) is 6.10 Å². The molecule has 88 valence electrons. The van der Waals surface area contributed by atoms with Crippen molar-refractivity contribution in [1.82, 2.24) is 0 Å². The maximum absolute atomic E-state index is 11.2. The Morgan fingerprint density at radius 1 is 1.24 bits per heavy atom. The molecule has 1 aromatic rings. The Morgan fingerprint density at radius 2 is 1.82 bits per heavy atom. The number of hydrogen-bond acceptors (Lipinski definition) is 3. The Hall–Kier alpha value is -1.79. The Labute approximate surface area is 97.2 Å². The summed E-state index contributed by atoms with van der Waals surface area (Å²) in [5.41, 5.74) is 9.17. The fourth-order valence-electron chi connectivity index (χ4n) is 1.73. The lowest BCUT2D eigenvalue weighted by molar-refractivity contribution is -0.0158. The number of rotatable bonds is 1. The molecule has 0 spiro atoms. The fourth-order valence-corrected chi connectivity index (χ4v) is 2.49. The molecule has 0 saturated heterocycles. The van der Waals surface area contributed by atoms with Crippen LogP contribution in [0.1, 0.15) is 11.1 Å². The van der Waals surface area contributed by atoms with Crippen molar-refractivity contribution in [3.05, 3.63) is 47.0 Å². The van der Waals surface area contributed by atoms with Crippen LogP contribution >= 0.6 is 0 Å². The fraction of sp³-hybridized carbons (Fsp3) is 0.100. The molecule has 1 aromatic carbocycles. The molecule has 17 heavy (non-hydrogen) atoms. The van der Waals surface area contributed by atoms with Gasteiger partial charge >= 0.3 is 5.71 Å². The molecule has 2 N–H and O–H groups in total. The van der Waals surface area contributed by atoms with E-state index in [1.165, 1.54) is 12.1 Å². The highest BCUT2D eigenvalue weighted by Crippen LogP contribution is 2.29. The third kappa shape index (κ3) is 1.92. The van der Waals surface area contributed by atoms with Gasteiger partial charge in [-0.05, 0) is 12.1 Å². The zero-order chi connectivity index (χ0) is 12.6. The van der Waals surface area contributed by atoms with Crippen LogP contribution in [0.15, 0.2) is 30.3 Å². The van der Waals surface area contributed by atoms with Crippen LogP contribution in [0.2, 0.25) is 0 Å². The molecule has 0 heterocycles. The molecule has 0 bridgehead atoms. The van der Waals surface area contributed by atoms with Gasteiger partial charge in [-0.3, -0.25) is 4.55 Å². The Bertz CT molecular complexity index is 657. The quantitative estimate of drug-likeness (QED) is 0.425. The molecule has 0 radical (unpaired) electrons. The van der Waals surface area contributed by atoms with Crippen molar-refractivity contribution in [2.24, 2.45) is 0 Å². The predicted molar refractivity (Wildman–Crippen MR) is 59.7 cm³/mol. The summed E-state index contributed by atoms with van der Waals surface area (Å²) in [5, 5.41) is 9.61. The SMILES string of the molecule is [N-]=[N+]=C1c2ccccc2C(S(=O)(=O)O)=C[C@@H]1O. The molecule has 0 aromatic heterocycles. The van der Waals surface area contributed by atoms with E-state index in [2.05, 4.69) is 4.79 Å². The molecular weight excluding hydrogens is 244 g/mol. The molecule has 0 saturated carbocycles. The molecule has 0 amide bonds. The largest absolute Gasteiger partial charge is 0.377 e. The Balaban J connectivity index is 2.80. The highest BCUT2D eigenvalue weighted by molar-refractivity contribution is 7.95. The summed E-state index contributed by atoms with van der Waals surface area (Å²) in [7, 11) is -4.44. The summed E-state index contributed by atoms with van der Waals surface area (Å²) in [6.07, 6.45) is -0.459. The zero-order valence-electron chi connectivity index (χ0n) is 8.48. The maximum Gasteiger partial charge on any atom is 0.331 e. The monoisotopic (exact) mass is 252 g/mol. The molecule has 2 rings (SSSR count). The van der Waals surface area contributed by atoms with Crippen LogP contribution in [-0.4, -0.2) is 34.7 Å². The Morgan fingerprint density at radius 3 is 2.35 bits per heavy atom. The van der Waals surface area contributed by atoms with Gasteiger partial charge in [0.25, 0.3) is 10.1 Å². The van der Waals surface area contributed by atoms with Crippen molar-refractivity contribution < 1.29 is 22.9 Å². The number of hydrogen-bond donors (Lipinski definition) is 2. The minimum absolute atomic E-state index is 0.0620. The molecular formula is C10H8N2O4S. The smallest absolute Gasteiger partial charge is 0.331 e. The van der Waals surface area contributed by atoms with Crippen LogP contribution in [0.3, 0.4) is 0 Å². The standard InChI is InChI=1S/C10H8N2O4S/c11-12-10-7-4-2-1-3-6(7)9(5-8(10)13)17(14,15)16/h1-5,8,13H,(H,14,15,16)/t8-/m0/s1. The number of aliphatic hydroxyl groups is 1. The van der Waals surface area contributed by atoms with Crippen LogP contribution in [0.25, 0.3) is 10.4 Å². The summed E-state index contributed by atoms with van der Waals surface area (Å²) < 4.78 is 31.4. The van der Waals surface area contributed by atoms with Crippen LogP contribution in [-0.2, 0) is 10.1 Å². The van der Waals surface area contributed by atoms with Crippen LogP contribution in [0, 0.1) is 0 Å². The molecule has 0 fully saturated rings. The first-order valence-electron chi connectivity index (χ1n) is 4.64. The lowest BCUT2D eigenvalue weighted by Crippen LogP contribution is -2.27. The zero-order valence-corrected chi connectivity index (χ0v) is 9.29. The summed E-state index contributed by atoms with van der Waals surface area (Å²) in [6.45, 7) is 0. The van der Waals surface area contributed by atoms with E-state index in [-0.39, 0.29) is 16.8 Å². The van der Waals surface area contributed by atoms with Crippen molar-refractivity contribution in [1.29, 1.82) is 0 Å². The summed E-state index contributed by atoms with van der Waals surface area (Å²) in [6, 6.07) is 6.12. The van der Waals surface area contributed by atoms with E-state index in [9.17, 15) is 13.5 Å². The van der Waals surface area contributed by atoms with Gasteiger partial charge in [0.1, 0.15) is 4.91 Å². The number of nitrogens with zero attached hydrogens (tertiary/aromatic N) is 2. The second kappa shape index (κ2) is 3.90. The van der Waals surface area contributed by atoms with Gasteiger partial charge in [0.15, 0.2) is 6.10 Å². The summed E-state index contributed by atoms with van der Waals surface area (Å²) >= 11 is 0. The van der Waals surface area contributed by atoms with Gasteiger partial charge in [-0.15, -0.1) is 0 Å². The molecule has 0 aliphatic heterocycles. The third-order valence-corrected chi connectivity index (χ3v) is 3.36. The van der Waals surface area contributed by atoms with E-state index in [0.717, 1.165) is 6.08 Å². The molecule has 6 nitrogen and oxygen atoms in total. The Kier molecular flexibility index (Phi) is 2.68. The lowest BCUT2D eigenvalue weighted by Gasteiger charge is -2.15. The van der Waals surface area contributed by atoms with E-state index in [1.807, 2.05) is 0 Å². The van der Waals surface area contributed by atoms with E-state index in [4.69, 9.17) is 10.1 Å². The highest BCUT2D eigenvalue weighted by atomic mass is 32.2. The van der Waals surface area contributed by atoms with E-state index < -0.39 is 21.1 Å². The van der Waals surface area contributed by atoms with Gasteiger partial charge in [0.05, 0.1) is 5.56 Å². The van der Waals surface area contributed by atoms with E-state index >= 15 is 0 Å². The molecule has 1 aliphatic carbocycles. The van der Waals surface area contributed by atoms with Crippen molar-refractivity contribution in [3.63, 3.8) is 0 Å². The van der Waals surface area contributed by atoms with Gasteiger partial charge < -0.3 is 10.6 Å². The average Bonchev–Trinajstić information content (AvgIpc) is 2.27. The minimum Gasteiger partial charge on any atom is -0.377 e. The van der Waals surface area contributed by atoms with Gasteiger partial charge in [0.2, 0.25) is 0 Å². The van der Waals surface area contributed by atoms with Crippen LogP contribution in [0.4, 0.5) is 0 Å². The molecule has 1 aliphatic rings. The van der Waals surface area contributed by atoms with Gasteiger partial charge in [-0.2, -0.15) is 13.2 Å². The van der Waals surface area contributed by atoms with Crippen molar-refractivity contribution in [3.8, 4) is 0 Å². The second-order valence-corrected chi connectivity index (χ2v) is 4.87. The van der Waals surface area contributed by atoms with Gasteiger partial charge in [0, 0.05) is 5.56 Å². The third-order valence-electron chi connectivity index (χ3n) is 2.44. The van der Waals surface area contributed by atoms with Gasteiger partial charge in [-0.25, -0.2) is 0 Å². The van der Waals surface area contributed by atoms with Crippen molar-refractivity contribution in [2.75, 3.05) is 0 Å². The first-order valence-corrected chi connectivity index (χ1v) is 6.08. The normalized spacial score (nSPS) is 19.3. The van der Waals surface area contributed by atoms with Crippen molar-refractivity contribution >= 4 is 20.7 Å². The first-order chi connectivity index (χ1) is 7.95. The second-order valence-electron chi connectivity index (χ2n) is 3.48. The van der Waals surface area contributed by atoms with Crippen LogP contribution in [0.5, 0.6) is 0 Å². The molecule has 0 unspecified atom stereocenters. The first kappa shape index (κ1) is 11.7. The summed E-state index contributed by atoms with van der Waals surface area (Å²) in [5.74, 6) is 0. The predicted octanol–water partition coefficient (Wildman–Crippen LogP) is 0.309.